The molecule has 1 fully saturated rings. The summed E-state index contributed by atoms with van der Waals surface area (Å²) in [5.74, 6) is 0.483. The third kappa shape index (κ3) is 6.76. The number of hydrogen-bond donors (Lipinski definition) is 3. The Morgan fingerprint density at radius 2 is 2.06 bits per heavy atom. The Labute approximate surface area is 207 Å². The van der Waals surface area contributed by atoms with Crippen molar-refractivity contribution in [1.29, 1.82) is 0 Å². The number of aromatic nitrogens is 1. The minimum Gasteiger partial charge on any atom is -0.396 e. The van der Waals surface area contributed by atoms with Crippen LogP contribution < -0.4 is 16.4 Å². The molecule has 2 aromatic rings. The number of benzene rings is 1. The van der Waals surface area contributed by atoms with Crippen molar-refractivity contribution in [2.24, 2.45) is 4.99 Å². The standard InChI is InChI=1S/C27H38FN5S/c1-6-7-9-19(12-17-31-18(2)32-20-13-15-30-16-14-20)25-24(33-26(34-25)27(3,4)5)21-10-8-11-22(29)23(21)28/h8-12,17,20,30H,6-7,13-16,29H2,1-5H3,(H,31,32)/b17-12-,19-9-. The first-order chi connectivity index (χ1) is 16.2. The Balaban J connectivity index is 1.96. The molecule has 0 spiro atoms. The Morgan fingerprint density at radius 3 is 2.74 bits per heavy atom. The number of amidine groups is 1. The summed E-state index contributed by atoms with van der Waals surface area (Å²) in [5.41, 5.74) is 7.98. The zero-order valence-corrected chi connectivity index (χ0v) is 21.9. The first-order valence-corrected chi connectivity index (χ1v) is 13.0. The molecule has 0 saturated carbocycles. The van der Waals surface area contributed by atoms with Gasteiger partial charge in [-0.25, -0.2) is 9.37 Å². The van der Waals surface area contributed by atoms with Crippen LogP contribution in [0, 0.1) is 5.82 Å². The lowest BCUT2D eigenvalue weighted by atomic mass is 9.98. The van der Waals surface area contributed by atoms with E-state index < -0.39 is 5.82 Å². The minimum absolute atomic E-state index is 0.134. The summed E-state index contributed by atoms with van der Waals surface area (Å²) in [4.78, 5) is 10.7. The number of anilines is 1. The Hall–Kier alpha value is -2.51. The highest BCUT2D eigenvalue weighted by atomic mass is 32.1. The van der Waals surface area contributed by atoms with Crippen LogP contribution >= 0.6 is 11.3 Å². The van der Waals surface area contributed by atoms with E-state index in [0.29, 0.717) is 17.3 Å². The first-order valence-electron chi connectivity index (χ1n) is 12.1. The number of allylic oxidation sites excluding steroid dienone is 3. The lowest BCUT2D eigenvalue weighted by Gasteiger charge is -2.19. The van der Waals surface area contributed by atoms with Crippen LogP contribution in [0.1, 0.15) is 70.2 Å². The number of nitrogen functional groups attached to an aromatic ring is 1. The second kappa shape index (κ2) is 11.8. The van der Waals surface area contributed by atoms with E-state index in [4.69, 9.17) is 15.7 Å². The van der Waals surface area contributed by atoms with Crippen molar-refractivity contribution < 1.29 is 4.39 Å². The number of rotatable bonds is 7. The molecule has 184 valence electrons. The van der Waals surface area contributed by atoms with Crippen LogP contribution in [0.4, 0.5) is 10.1 Å². The fraction of sp³-hybridized carbons (Fsp3) is 0.481. The van der Waals surface area contributed by atoms with E-state index in [-0.39, 0.29) is 11.1 Å². The number of halogens is 1. The summed E-state index contributed by atoms with van der Waals surface area (Å²) in [6.07, 6.45) is 10.2. The topological polar surface area (TPSA) is 75.3 Å². The summed E-state index contributed by atoms with van der Waals surface area (Å²) in [6, 6.07) is 5.48. The van der Waals surface area contributed by atoms with E-state index in [1.165, 1.54) is 0 Å². The molecular formula is C27H38FN5S. The smallest absolute Gasteiger partial charge is 0.155 e. The zero-order valence-electron chi connectivity index (χ0n) is 21.0. The maximum Gasteiger partial charge on any atom is 0.155 e. The number of unbranched alkanes of at least 4 members (excludes halogenated alkanes) is 1. The average molecular weight is 484 g/mol. The molecule has 1 aliphatic rings. The summed E-state index contributed by atoms with van der Waals surface area (Å²) >= 11 is 1.62. The van der Waals surface area contributed by atoms with Gasteiger partial charge in [0.05, 0.1) is 33.1 Å². The summed E-state index contributed by atoms with van der Waals surface area (Å²) in [6.45, 7) is 12.6. The quantitative estimate of drug-likeness (QED) is 0.187. The van der Waals surface area contributed by atoms with Crippen molar-refractivity contribution in [3.05, 3.63) is 52.3 Å². The second-order valence-electron chi connectivity index (χ2n) is 9.78. The largest absolute Gasteiger partial charge is 0.396 e. The number of thiazole rings is 1. The fourth-order valence-corrected chi connectivity index (χ4v) is 4.95. The maximum absolute atomic E-state index is 15.0. The van der Waals surface area contributed by atoms with Gasteiger partial charge in [-0.3, -0.25) is 4.99 Å². The SMILES string of the molecule is CCC/C=C(/C=C\NC(C)=NC1CCNCC1)c1sc(C(C)(C)C)nc1-c1cccc(N)c1F. The third-order valence-electron chi connectivity index (χ3n) is 5.71. The molecule has 4 N–H and O–H groups in total. The summed E-state index contributed by atoms with van der Waals surface area (Å²) < 4.78 is 15.0. The predicted octanol–water partition coefficient (Wildman–Crippen LogP) is 6.29. The number of nitrogens with two attached hydrogens (primary N) is 1. The average Bonchev–Trinajstić information content (AvgIpc) is 3.24. The van der Waals surface area contributed by atoms with Crippen LogP contribution in [0.15, 0.2) is 41.5 Å². The van der Waals surface area contributed by atoms with Gasteiger partial charge < -0.3 is 16.4 Å². The molecule has 34 heavy (non-hydrogen) atoms. The first kappa shape index (κ1) is 26.1. The molecule has 0 aliphatic carbocycles. The predicted molar refractivity (Wildman–Crippen MR) is 145 cm³/mol. The summed E-state index contributed by atoms with van der Waals surface area (Å²) in [5, 5.41) is 7.66. The van der Waals surface area contributed by atoms with Gasteiger partial charge >= 0.3 is 0 Å². The van der Waals surface area contributed by atoms with Gasteiger partial charge in [0.1, 0.15) is 0 Å². The normalized spacial score (nSPS) is 16.4. The van der Waals surface area contributed by atoms with Crippen molar-refractivity contribution in [2.45, 2.75) is 71.8 Å². The lowest BCUT2D eigenvalue weighted by molar-refractivity contribution is 0.459. The van der Waals surface area contributed by atoms with Crippen LogP contribution in [-0.2, 0) is 5.41 Å². The molecule has 5 nitrogen and oxygen atoms in total. The fourth-order valence-electron chi connectivity index (χ4n) is 3.79. The molecule has 1 aromatic carbocycles. The molecule has 0 amide bonds. The maximum atomic E-state index is 15.0. The molecule has 0 unspecified atom stereocenters. The summed E-state index contributed by atoms with van der Waals surface area (Å²) in [7, 11) is 0. The van der Waals surface area contributed by atoms with Crippen molar-refractivity contribution in [1.82, 2.24) is 15.6 Å². The van der Waals surface area contributed by atoms with Crippen molar-refractivity contribution in [2.75, 3.05) is 18.8 Å². The lowest BCUT2D eigenvalue weighted by Crippen LogP contribution is -2.31. The monoisotopic (exact) mass is 483 g/mol. The highest BCUT2D eigenvalue weighted by Gasteiger charge is 2.25. The molecular weight excluding hydrogens is 445 g/mol. The van der Waals surface area contributed by atoms with Gasteiger partial charge in [0.15, 0.2) is 5.82 Å². The van der Waals surface area contributed by atoms with Crippen LogP contribution in [-0.4, -0.2) is 30.0 Å². The van der Waals surface area contributed by atoms with Crippen LogP contribution in [0.25, 0.3) is 16.8 Å². The van der Waals surface area contributed by atoms with Crippen molar-refractivity contribution in [3.63, 3.8) is 0 Å². The third-order valence-corrected chi connectivity index (χ3v) is 7.24. The van der Waals surface area contributed by atoms with Crippen molar-refractivity contribution >= 4 is 28.4 Å². The molecule has 2 heterocycles. The van der Waals surface area contributed by atoms with Gasteiger partial charge in [-0.1, -0.05) is 46.3 Å². The van der Waals surface area contributed by atoms with Gasteiger partial charge in [-0.15, -0.1) is 11.3 Å². The Bertz CT molecular complexity index is 1060. The number of nitrogens with zero attached hydrogens (tertiary/aromatic N) is 2. The number of piperidine rings is 1. The van der Waals surface area contributed by atoms with E-state index in [2.05, 4.69) is 44.4 Å². The number of nitrogens with one attached hydrogen (secondary N) is 2. The van der Waals surface area contributed by atoms with E-state index in [0.717, 1.165) is 60.1 Å². The molecule has 0 radical (unpaired) electrons. The molecule has 7 heteroatoms. The van der Waals surface area contributed by atoms with E-state index >= 15 is 4.39 Å². The second-order valence-corrected chi connectivity index (χ2v) is 10.8. The van der Waals surface area contributed by atoms with Gasteiger partial charge in [-0.05, 0) is 63.1 Å². The van der Waals surface area contributed by atoms with Gasteiger partial charge in [0, 0.05) is 17.2 Å². The molecule has 0 bridgehead atoms. The van der Waals surface area contributed by atoms with Crippen LogP contribution in [0.5, 0.6) is 0 Å². The molecule has 1 aliphatic heterocycles. The highest BCUT2D eigenvalue weighted by Crippen LogP contribution is 2.40. The van der Waals surface area contributed by atoms with Gasteiger partial charge in [-0.2, -0.15) is 0 Å². The molecule has 1 aromatic heterocycles. The zero-order chi connectivity index (χ0) is 24.7. The van der Waals surface area contributed by atoms with Gasteiger partial charge in [0.25, 0.3) is 0 Å². The minimum atomic E-state index is -0.420. The number of hydrogen-bond acceptors (Lipinski definition) is 5. The van der Waals surface area contributed by atoms with Crippen LogP contribution in [0.2, 0.25) is 0 Å². The number of aliphatic imine (C=N–C) groups is 1. The van der Waals surface area contributed by atoms with Gasteiger partial charge in [0.2, 0.25) is 0 Å². The van der Waals surface area contributed by atoms with E-state index in [9.17, 15) is 0 Å². The highest BCUT2D eigenvalue weighted by molar-refractivity contribution is 7.13. The van der Waals surface area contributed by atoms with Crippen LogP contribution in [0.3, 0.4) is 0 Å². The Morgan fingerprint density at radius 1 is 1.32 bits per heavy atom. The van der Waals surface area contributed by atoms with Crippen molar-refractivity contribution in [3.8, 4) is 11.3 Å². The Kier molecular flexibility index (Phi) is 9.03. The van der Waals surface area contributed by atoms with E-state index in [1.807, 2.05) is 19.2 Å². The molecule has 0 atom stereocenters. The molecule has 1 saturated heterocycles. The van der Waals surface area contributed by atoms with E-state index in [1.54, 1.807) is 29.5 Å². The molecule has 3 rings (SSSR count).